The van der Waals surface area contributed by atoms with Gasteiger partial charge in [-0.25, -0.2) is 0 Å². The van der Waals surface area contributed by atoms with Crippen LogP contribution < -0.4 is 31.1 Å². The third kappa shape index (κ3) is 4.74. The van der Waals surface area contributed by atoms with Gasteiger partial charge in [0, 0.05) is 0 Å². The van der Waals surface area contributed by atoms with Gasteiger partial charge in [-0.05, 0) is 31.1 Å². The van der Waals surface area contributed by atoms with Crippen molar-refractivity contribution in [2.24, 2.45) is 0 Å². The van der Waals surface area contributed by atoms with Gasteiger partial charge in [-0.2, -0.15) is 10.7 Å². The zero-order valence-corrected chi connectivity index (χ0v) is 24.5. The van der Waals surface area contributed by atoms with Crippen LogP contribution in [-0.4, -0.2) is 14.4 Å². The summed E-state index contributed by atoms with van der Waals surface area (Å²) in [6.45, 7) is 0. The van der Waals surface area contributed by atoms with Crippen LogP contribution in [0.2, 0.25) is 0 Å². The zero-order valence-electron chi connectivity index (χ0n) is 21.7. The van der Waals surface area contributed by atoms with Gasteiger partial charge in [0.05, 0.1) is 0 Å². The largest absolute Gasteiger partial charge is 0.204 e. The molecule has 0 saturated carbocycles. The molecule has 0 aliphatic heterocycles. The molecule has 39 heavy (non-hydrogen) atoms. The van der Waals surface area contributed by atoms with Crippen molar-refractivity contribution in [3.63, 3.8) is 0 Å². The molecule has 3 heteroatoms. The molecular weight excluding hydrogens is 521 g/mol. The highest BCUT2D eigenvalue weighted by Crippen LogP contribution is 2.31. The Bertz CT molecular complexity index is 1270. The molecule has 0 atom stereocenters. The van der Waals surface area contributed by atoms with E-state index in [-0.39, 0.29) is 0 Å². The van der Waals surface area contributed by atoms with Gasteiger partial charge in [0.15, 0.2) is 0 Å². The van der Waals surface area contributed by atoms with Gasteiger partial charge in [-0.3, -0.25) is 0 Å². The van der Waals surface area contributed by atoms with Crippen molar-refractivity contribution in [1.29, 1.82) is 0 Å². The molecule has 0 nitrogen and oxygen atoms in total. The van der Waals surface area contributed by atoms with E-state index in [4.69, 9.17) is 0 Å². The van der Waals surface area contributed by atoms with Crippen LogP contribution in [0.3, 0.4) is 0 Å². The molecular formula is C36H30SSi2. The van der Waals surface area contributed by atoms with E-state index in [2.05, 4.69) is 193 Å². The SMILES string of the molecule is c1ccc([Si](S[Si](c2ccccc2)(c2ccccc2)c2ccccc2)(c2ccccc2)c2ccccc2)cc1. The maximum absolute atomic E-state index is 2.63. The molecule has 6 aromatic rings. The Morgan fingerprint density at radius 3 is 0.538 bits per heavy atom. The van der Waals surface area contributed by atoms with Gasteiger partial charge in [0.25, 0.3) is 0 Å². The smallest absolute Gasteiger partial charge is 0.177 e. The Kier molecular flexibility index (Phi) is 7.46. The third-order valence-electron chi connectivity index (χ3n) is 7.39. The summed E-state index contributed by atoms with van der Waals surface area (Å²) in [6, 6.07) is 67.7. The van der Waals surface area contributed by atoms with Crippen LogP contribution in [0.25, 0.3) is 0 Å². The molecule has 0 N–H and O–H groups in total. The Morgan fingerprint density at radius 2 is 0.385 bits per heavy atom. The molecule has 0 aliphatic rings. The Hall–Kier alpha value is -3.90. The fourth-order valence-electron chi connectivity index (χ4n) is 5.62. The van der Waals surface area contributed by atoms with Crippen molar-refractivity contribution in [1.82, 2.24) is 0 Å². The molecule has 0 aromatic heterocycles. The highest BCUT2D eigenvalue weighted by Gasteiger charge is 2.51. The number of hydrogen-bond acceptors (Lipinski definition) is 1. The van der Waals surface area contributed by atoms with Crippen molar-refractivity contribution in [2.75, 3.05) is 0 Å². The molecule has 0 aliphatic carbocycles. The summed E-state index contributed by atoms with van der Waals surface area (Å²) in [5, 5.41) is 8.54. The lowest BCUT2D eigenvalue weighted by Gasteiger charge is -2.43. The second kappa shape index (κ2) is 11.5. The fraction of sp³-hybridized carbons (Fsp3) is 0. The first-order chi connectivity index (χ1) is 19.3. The first kappa shape index (κ1) is 25.4. The fourth-order valence-corrected chi connectivity index (χ4v) is 29.2. The van der Waals surface area contributed by atoms with Crippen LogP contribution in [0.15, 0.2) is 182 Å². The predicted molar refractivity (Wildman–Crippen MR) is 176 cm³/mol. The van der Waals surface area contributed by atoms with Crippen LogP contribution in [-0.2, 0) is 0 Å². The highest BCUT2D eigenvalue weighted by atomic mass is 32.5. The predicted octanol–water partition coefficient (Wildman–Crippen LogP) is 5.05. The molecule has 0 spiro atoms. The quantitative estimate of drug-likeness (QED) is 0.189. The molecule has 6 rings (SSSR count). The van der Waals surface area contributed by atoms with E-state index in [0.717, 1.165) is 0 Å². The minimum atomic E-state index is -2.63. The second-order valence-electron chi connectivity index (χ2n) is 9.66. The number of rotatable bonds is 8. The average Bonchev–Trinajstić information content (AvgIpc) is 3.04. The molecule has 0 amide bonds. The van der Waals surface area contributed by atoms with Crippen LogP contribution >= 0.6 is 10.7 Å². The Morgan fingerprint density at radius 1 is 0.231 bits per heavy atom. The van der Waals surface area contributed by atoms with Crippen molar-refractivity contribution >= 4 is 56.2 Å². The maximum atomic E-state index is 2.36. The molecule has 0 bridgehead atoms. The van der Waals surface area contributed by atoms with Gasteiger partial charge in [0.2, 0.25) is 14.4 Å². The second-order valence-corrected chi connectivity index (χ2v) is 22.2. The highest BCUT2D eigenvalue weighted by molar-refractivity contribution is 8.55. The number of hydrogen-bond donors (Lipinski definition) is 0. The zero-order chi connectivity index (χ0) is 26.4. The lowest BCUT2D eigenvalue weighted by Crippen LogP contribution is -2.74. The van der Waals surface area contributed by atoms with Crippen LogP contribution in [0.4, 0.5) is 0 Å². The van der Waals surface area contributed by atoms with Gasteiger partial charge in [0.1, 0.15) is 0 Å². The standard InChI is InChI=1S/C36H30SSi2/c1-7-19-31(20-8-1)38(32-21-9-2-10-22-32,33-23-11-3-12-24-33)37-39(34-25-13-4-14-26-34,35-27-15-5-16-28-35)36-29-17-6-18-30-36/h1-30H. The first-order valence-corrected chi connectivity index (χ1v) is 19.6. The molecule has 0 unspecified atom stereocenters. The summed E-state index contributed by atoms with van der Waals surface area (Å²) in [5.41, 5.74) is 0. The normalized spacial score (nSPS) is 11.7. The van der Waals surface area contributed by atoms with Crippen molar-refractivity contribution < 1.29 is 0 Å². The summed E-state index contributed by atoms with van der Waals surface area (Å²) >= 11 is 0. The van der Waals surface area contributed by atoms with Crippen LogP contribution in [0.1, 0.15) is 0 Å². The lowest BCUT2D eigenvalue weighted by molar-refractivity contribution is 1.70. The van der Waals surface area contributed by atoms with E-state index in [1.54, 1.807) is 0 Å². The van der Waals surface area contributed by atoms with Crippen molar-refractivity contribution in [2.45, 2.75) is 0 Å². The Balaban J connectivity index is 1.76. The molecule has 0 heterocycles. The average molecular weight is 551 g/mol. The minimum Gasteiger partial charge on any atom is -0.177 e. The van der Waals surface area contributed by atoms with Gasteiger partial charge in [-0.15, -0.1) is 0 Å². The van der Waals surface area contributed by atoms with E-state index in [1.165, 1.54) is 31.1 Å². The molecule has 0 radical (unpaired) electrons. The van der Waals surface area contributed by atoms with Crippen molar-refractivity contribution in [3.8, 4) is 0 Å². The first-order valence-electron chi connectivity index (χ1n) is 13.4. The van der Waals surface area contributed by atoms with E-state index in [1.807, 2.05) is 0 Å². The minimum absolute atomic E-state index is 1.42. The van der Waals surface area contributed by atoms with Crippen LogP contribution in [0, 0.1) is 0 Å². The monoisotopic (exact) mass is 550 g/mol. The lowest BCUT2D eigenvalue weighted by atomic mass is 10.3. The van der Waals surface area contributed by atoms with Crippen LogP contribution in [0.5, 0.6) is 0 Å². The maximum Gasteiger partial charge on any atom is 0.204 e. The molecule has 0 saturated heterocycles. The summed E-state index contributed by atoms with van der Waals surface area (Å²) in [5.74, 6) is 0. The van der Waals surface area contributed by atoms with E-state index >= 15 is 0 Å². The van der Waals surface area contributed by atoms with E-state index < -0.39 is 14.4 Å². The van der Waals surface area contributed by atoms with E-state index in [9.17, 15) is 0 Å². The molecule has 0 fully saturated rings. The molecule has 188 valence electrons. The summed E-state index contributed by atoms with van der Waals surface area (Å²) < 4.78 is 0. The summed E-state index contributed by atoms with van der Waals surface area (Å²) in [4.78, 5) is 0. The number of benzene rings is 6. The summed E-state index contributed by atoms with van der Waals surface area (Å²) in [7, 11) is -2.98. The van der Waals surface area contributed by atoms with E-state index in [0.29, 0.717) is 0 Å². The molecule has 6 aromatic carbocycles. The Labute approximate surface area is 237 Å². The third-order valence-corrected chi connectivity index (χ3v) is 26.5. The van der Waals surface area contributed by atoms with Gasteiger partial charge < -0.3 is 0 Å². The summed E-state index contributed by atoms with van der Waals surface area (Å²) in [6.07, 6.45) is 0. The van der Waals surface area contributed by atoms with Gasteiger partial charge >= 0.3 is 0 Å². The topological polar surface area (TPSA) is 0 Å². The van der Waals surface area contributed by atoms with Gasteiger partial charge in [-0.1, -0.05) is 182 Å². The van der Waals surface area contributed by atoms with Crippen molar-refractivity contribution in [3.05, 3.63) is 182 Å².